The smallest absolute Gasteiger partial charge is 0.222 e. The molecular weight excluding hydrogens is 362 g/mol. The summed E-state index contributed by atoms with van der Waals surface area (Å²) in [7, 11) is 2.01. The number of likely N-dealkylation sites (N-methyl/N-ethyl adjacent to an activating group) is 1. The molecule has 7 heteroatoms. The van der Waals surface area contributed by atoms with Gasteiger partial charge >= 0.3 is 0 Å². The Hall–Kier alpha value is -1.44. The minimum absolute atomic E-state index is 0.343. The van der Waals surface area contributed by atoms with Crippen LogP contribution in [-0.2, 0) is 0 Å². The molecule has 114 valence electrons. The van der Waals surface area contributed by atoms with Gasteiger partial charge in [0.25, 0.3) is 0 Å². The zero-order chi connectivity index (χ0) is 15.3. The summed E-state index contributed by atoms with van der Waals surface area (Å²) in [6.45, 7) is 1.95. The molecule has 0 aliphatic carbocycles. The van der Waals surface area contributed by atoms with Gasteiger partial charge in [-0.1, -0.05) is 15.9 Å². The summed E-state index contributed by atoms with van der Waals surface area (Å²) in [5.74, 6) is 1.31. The second kappa shape index (κ2) is 5.33. The number of hydrogen-bond acceptors (Lipinski definition) is 6. The van der Waals surface area contributed by atoms with Gasteiger partial charge in [0.15, 0.2) is 5.82 Å². The van der Waals surface area contributed by atoms with Crippen molar-refractivity contribution in [1.82, 2.24) is 15.3 Å². The van der Waals surface area contributed by atoms with Crippen LogP contribution in [0.2, 0.25) is 0 Å². The van der Waals surface area contributed by atoms with E-state index >= 15 is 0 Å². The molecule has 3 aromatic rings. The number of rotatable bonds is 2. The largest absolute Gasteiger partial charge is 0.368 e. The van der Waals surface area contributed by atoms with Crippen molar-refractivity contribution in [2.24, 2.45) is 0 Å². The number of aromatic nitrogens is 2. The Bertz CT molecular complexity index is 862. The molecule has 2 aromatic heterocycles. The van der Waals surface area contributed by atoms with Crippen LogP contribution >= 0.6 is 27.3 Å². The molecule has 4 rings (SSSR count). The highest BCUT2D eigenvalue weighted by atomic mass is 79.9. The highest BCUT2D eigenvalue weighted by molar-refractivity contribution is 9.10. The lowest BCUT2D eigenvalue weighted by Crippen LogP contribution is -2.30. The Balaban J connectivity index is 1.93. The van der Waals surface area contributed by atoms with E-state index in [1.807, 2.05) is 7.05 Å². The van der Waals surface area contributed by atoms with Crippen molar-refractivity contribution in [1.29, 1.82) is 0 Å². The normalized spacial score (nSPS) is 18.6. The van der Waals surface area contributed by atoms with Gasteiger partial charge in [-0.3, -0.25) is 0 Å². The molecule has 1 aliphatic rings. The first kappa shape index (κ1) is 14.2. The van der Waals surface area contributed by atoms with E-state index in [1.54, 1.807) is 11.3 Å². The fourth-order valence-corrected chi connectivity index (χ4v) is 4.52. The third kappa shape index (κ3) is 2.24. The van der Waals surface area contributed by atoms with E-state index in [9.17, 15) is 0 Å². The number of nitrogens with zero attached hydrogens (tertiary/aromatic N) is 3. The molecule has 0 amide bonds. The third-order valence-corrected chi connectivity index (χ3v) is 5.82. The zero-order valence-electron chi connectivity index (χ0n) is 12.1. The number of anilines is 2. The summed E-state index contributed by atoms with van der Waals surface area (Å²) >= 11 is 5.27. The number of nitrogens with one attached hydrogen (secondary N) is 1. The molecule has 22 heavy (non-hydrogen) atoms. The lowest BCUT2D eigenvalue weighted by molar-refractivity contribution is 0.616. The number of nitrogen functional groups attached to an aromatic ring is 1. The Morgan fingerprint density at radius 1 is 1.41 bits per heavy atom. The molecule has 0 radical (unpaired) electrons. The monoisotopic (exact) mass is 377 g/mol. The number of thiophene rings is 1. The first-order valence-corrected chi connectivity index (χ1v) is 8.84. The minimum atomic E-state index is 0.343. The van der Waals surface area contributed by atoms with E-state index < -0.39 is 0 Å². The molecule has 0 spiro atoms. The summed E-state index contributed by atoms with van der Waals surface area (Å²) in [4.78, 5) is 11.3. The van der Waals surface area contributed by atoms with Crippen molar-refractivity contribution in [3.8, 4) is 0 Å². The predicted molar refractivity (Wildman–Crippen MR) is 96.7 cm³/mol. The van der Waals surface area contributed by atoms with Crippen molar-refractivity contribution >= 4 is 59.3 Å². The molecule has 3 heterocycles. The molecule has 0 saturated carbocycles. The first-order chi connectivity index (χ1) is 10.7. The Kier molecular flexibility index (Phi) is 3.43. The van der Waals surface area contributed by atoms with Gasteiger partial charge in [0.2, 0.25) is 5.95 Å². The second-order valence-electron chi connectivity index (χ2n) is 5.55. The van der Waals surface area contributed by atoms with Gasteiger partial charge in [0.1, 0.15) is 0 Å². The molecule has 1 aliphatic heterocycles. The van der Waals surface area contributed by atoms with Crippen molar-refractivity contribution in [2.75, 3.05) is 30.8 Å². The average molecular weight is 378 g/mol. The van der Waals surface area contributed by atoms with Crippen LogP contribution in [0.15, 0.2) is 22.7 Å². The van der Waals surface area contributed by atoms with E-state index in [2.05, 4.69) is 54.3 Å². The van der Waals surface area contributed by atoms with Crippen LogP contribution in [0.25, 0.3) is 20.3 Å². The van der Waals surface area contributed by atoms with E-state index in [1.165, 1.54) is 4.70 Å². The summed E-state index contributed by atoms with van der Waals surface area (Å²) < 4.78 is 3.39. The van der Waals surface area contributed by atoms with Gasteiger partial charge < -0.3 is 16.0 Å². The van der Waals surface area contributed by atoms with Crippen LogP contribution in [0.4, 0.5) is 11.8 Å². The van der Waals surface area contributed by atoms with Gasteiger partial charge in [-0.25, -0.2) is 4.98 Å². The summed E-state index contributed by atoms with van der Waals surface area (Å²) in [5.41, 5.74) is 6.93. The Morgan fingerprint density at radius 2 is 2.27 bits per heavy atom. The van der Waals surface area contributed by atoms with Gasteiger partial charge in [0.05, 0.1) is 10.2 Å². The highest BCUT2D eigenvalue weighted by Gasteiger charge is 2.25. The topological polar surface area (TPSA) is 67.1 Å². The summed E-state index contributed by atoms with van der Waals surface area (Å²) in [5, 5.41) is 4.47. The molecule has 0 unspecified atom stereocenters. The molecule has 5 nitrogen and oxygen atoms in total. The molecule has 3 N–H and O–H groups in total. The minimum Gasteiger partial charge on any atom is -0.368 e. The molecule has 1 fully saturated rings. The van der Waals surface area contributed by atoms with Crippen molar-refractivity contribution < 1.29 is 0 Å². The Morgan fingerprint density at radius 3 is 3.05 bits per heavy atom. The van der Waals surface area contributed by atoms with Gasteiger partial charge in [-0.15, -0.1) is 11.3 Å². The second-order valence-corrected chi connectivity index (χ2v) is 7.51. The van der Waals surface area contributed by atoms with E-state index in [0.29, 0.717) is 12.0 Å². The van der Waals surface area contributed by atoms with Crippen LogP contribution in [0.1, 0.15) is 6.42 Å². The van der Waals surface area contributed by atoms with E-state index in [-0.39, 0.29) is 0 Å². The standard InChI is InChI=1S/C15H16BrN5S/c1-18-9-4-5-21(7-9)14-13-12(19-15(17)20-14)10-6-8(16)2-3-11(10)22-13/h2-3,6,9,18H,4-5,7H2,1H3,(H2,17,19,20)/t9-/m1/s1. The fraction of sp³-hybridized carbons (Fsp3) is 0.333. The highest BCUT2D eigenvalue weighted by Crippen LogP contribution is 2.39. The predicted octanol–water partition coefficient (Wildman–Crippen LogP) is 2.99. The maximum absolute atomic E-state index is 5.98. The quantitative estimate of drug-likeness (QED) is 0.718. The fourth-order valence-electron chi connectivity index (χ4n) is 3.02. The molecule has 1 saturated heterocycles. The SMILES string of the molecule is CN[C@@H]1CCN(c2nc(N)nc3c2sc2ccc(Br)cc23)C1. The number of hydrogen-bond donors (Lipinski definition) is 2. The van der Waals surface area contributed by atoms with Crippen LogP contribution in [0, 0.1) is 0 Å². The van der Waals surface area contributed by atoms with Crippen LogP contribution in [0.3, 0.4) is 0 Å². The molecular formula is C15H16BrN5S. The number of fused-ring (bicyclic) bond motifs is 3. The maximum atomic E-state index is 5.98. The van der Waals surface area contributed by atoms with Crippen molar-refractivity contribution in [3.63, 3.8) is 0 Å². The number of nitrogens with two attached hydrogens (primary N) is 1. The number of benzene rings is 1. The lowest BCUT2D eigenvalue weighted by atomic mass is 10.2. The molecule has 1 atom stereocenters. The first-order valence-electron chi connectivity index (χ1n) is 7.23. The van der Waals surface area contributed by atoms with Gasteiger partial charge in [-0.05, 0) is 31.7 Å². The lowest BCUT2D eigenvalue weighted by Gasteiger charge is -2.18. The zero-order valence-corrected chi connectivity index (χ0v) is 14.5. The number of halogens is 1. The summed E-state index contributed by atoms with van der Waals surface area (Å²) in [6.07, 6.45) is 1.12. The van der Waals surface area contributed by atoms with Crippen LogP contribution in [0.5, 0.6) is 0 Å². The maximum Gasteiger partial charge on any atom is 0.222 e. The summed E-state index contributed by atoms with van der Waals surface area (Å²) in [6, 6.07) is 6.78. The van der Waals surface area contributed by atoms with Crippen LogP contribution in [-0.4, -0.2) is 36.1 Å². The van der Waals surface area contributed by atoms with Crippen molar-refractivity contribution in [3.05, 3.63) is 22.7 Å². The third-order valence-electron chi connectivity index (χ3n) is 4.17. The van der Waals surface area contributed by atoms with Crippen LogP contribution < -0.4 is 16.0 Å². The van der Waals surface area contributed by atoms with E-state index in [4.69, 9.17) is 5.73 Å². The molecule has 0 bridgehead atoms. The van der Waals surface area contributed by atoms with Gasteiger partial charge in [0, 0.05) is 33.7 Å². The molecule has 1 aromatic carbocycles. The Labute approximate surface area is 140 Å². The van der Waals surface area contributed by atoms with Crippen molar-refractivity contribution in [2.45, 2.75) is 12.5 Å². The van der Waals surface area contributed by atoms with Gasteiger partial charge in [-0.2, -0.15) is 4.98 Å². The van der Waals surface area contributed by atoms with E-state index in [0.717, 1.165) is 45.4 Å². The average Bonchev–Trinajstić information content (AvgIpc) is 3.11.